The van der Waals surface area contributed by atoms with Crippen molar-refractivity contribution in [2.24, 2.45) is 0 Å². The Morgan fingerprint density at radius 3 is 2.71 bits per heavy atom. The van der Waals surface area contributed by atoms with Crippen molar-refractivity contribution in [3.63, 3.8) is 0 Å². The van der Waals surface area contributed by atoms with E-state index in [2.05, 4.69) is 5.32 Å². The highest BCUT2D eigenvalue weighted by Crippen LogP contribution is 2.22. The molecule has 0 fully saturated rings. The summed E-state index contributed by atoms with van der Waals surface area (Å²) in [6, 6.07) is 15.6. The molecular weight excluding hydrogens is 374 g/mol. The fraction of sp³-hybridized carbons (Fsp3) is 0.182. The van der Waals surface area contributed by atoms with Gasteiger partial charge in [-0.15, -0.1) is 11.3 Å². The summed E-state index contributed by atoms with van der Waals surface area (Å²) in [5.41, 5.74) is 0.870. The molecule has 3 rings (SSSR count). The van der Waals surface area contributed by atoms with Gasteiger partial charge >= 0.3 is 5.97 Å². The van der Waals surface area contributed by atoms with Crippen LogP contribution in [0.4, 0.5) is 0 Å². The highest BCUT2D eigenvalue weighted by atomic mass is 32.1. The molecule has 1 heterocycles. The van der Waals surface area contributed by atoms with E-state index in [9.17, 15) is 9.59 Å². The number of carbonyl (C=O) groups excluding carboxylic acids is 2. The number of amides is 1. The van der Waals surface area contributed by atoms with Crippen molar-refractivity contribution in [2.75, 3.05) is 20.3 Å². The summed E-state index contributed by atoms with van der Waals surface area (Å²) in [6.45, 7) is 0.236. The SMILES string of the molecule is COc1ccc2cc(/C=C/C(=O)OCC(=O)NCCc3cccs3)ccc2c1. The third-order valence-corrected chi connectivity index (χ3v) is 5.04. The van der Waals surface area contributed by atoms with Crippen LogP contribution in [0, 0.1) is 0 Å². The van der Waals surface area contributed by atoms with Crippen molar-refractivity contribution in [3.8, 4) is 5.75 Å². The minimum absolute atomic E-state index is 0.287. The number of fused-ring (bicyclic) bond motifs is 1. The maximum atomic E-state index is 11.8. The first kappa shape index (κ1) is 19.6. The minimum Gasteiger partial charge on any atom is -0.497 e. The quantitative estimate of drug-likeness (QED) is 0.465. The lowest BCUT2D eigenvalue weighted by Crippen LogP contribution is -2.30. The molecule has 0 bridgehead atoms. The average Bonchev–Trinajstić information content (AvgIpc) is 3.23. The first-order valence-corrected chi connectivity index (χ1v) is 9.74. The molecule has 2 aromatic carbocycles. The van der Waals surface area contributed by atoms with Crippen LogP contribution in [0.25, 0.3) is 16.8 Å². The Labute approximate surface area is 167 Å². The second-order valence-corrected chi connectivity index (χ2v) is 7.13. The fourth-order valence-electron chi connectivity index (χ4n) is 2.65. The van der Waals surface area contributed by atoms with Gasteiger partial charge in [-0.25, -0.2) is 4.79 Å². The Morgan fingerprint density at radius 1 is 1.11 bits per heavy atom. The van der Waals surface area contributed by atoms with Crippen LogP contribution in [-0.4, -0.2) is 32.1 Å². The number of hydrogen-bond donors (Lipinski definition) is 1. The molecule has 0 aliphatic heterocycles. The van der Waals surface area contributed by atoms with E-state index in [0.29, 0.717) is 6.54 Å². The molecule has 1 aromatic heterocycles. The van der Waals surface area contributed by atoms with E-state index >= 15 is 0 Å². The van der Waals surface area contributed by atoms with Crippen LogP contribution in [0.1, 0.15) is 10.4 Å². The number of esters is 1. The minimum atomic E-state index is -0.553. The highest BCUT2D eigenvalue weighted by Gasteiger charge is 2.05. The van der Waals surface area contributed by atoms with Crippen molar-refractivity contribution < 1.29 is 19.1 Å². The van der Waals surface area contributed by atoms with Gasteiger partial charge in [-0.05, 0) is 58.5 Å². The zero-order valence-electron chi connectivity index (χ0n) is 15.5. The monoisotopic (exact) mass is 395 g/mol. The fourth-order valence-corrected chi connectivity index (χ4v) is 3.36. The molecular formula is C22H21NO4S. The van der Waals surface area contributed by atoms with Crippen molar-refractivity contribution in [2.45, 2.75) is 6.42 Å². The molecule has 1 amide bonds. The lowest BCUT2D eigenvalue weighted by molar-refractivity contribution is -0.143. The van der Waals surface area contributed by atoms with Gasteiger partial charge in [-0.1, -0.05) is 24.3 Å². The lowest BCUT2D eigenvalue weighted by atomic mass is 10.1. The Hall–Kier alpha value is -3.12. The van der Waals surface area contributed by atoms with Crippen LogP contribution in [0.3, 0.4) is 0 Å². The van der Waals surface area contributed by atoms with Gasteiger partial charge in [-0.3, -0.25) is 4.79 Å². The molecule has 5 nitrogen and oxygen atoms in total. The van der Waals surface area contributed by atoms with Crippen LogP contribution in [-0.2, 0) is 20.7 Å². The number of nitrogens with one attached hydrogen (secondary N) is 1. The summed E-state index contributed by atoms with van der Waals surface area (Å²) in [5.74, 6) is -0.0609. The summed E-state index contributed by atoms with van der Waals surface area (Å²) in [6.07, 6.45) is 3.76. The zero-order valence-corrected chi connectivity index (χ0v) is 16.3. The lowest BCUT2D eigenvalue weighted by Gasteiger charge is -2.05. The van der Waals surface area contributed by atoms with E-state index in [1.165, 1.54) is 11.0 Å². The number of rotatable bonds is 8. The van der Waals surface area contributed by atoms with Crippen molar-refractivity contribution in [1.29, 1.82) is 0 Å². The molecule has 144 valence electrons. The van der Waals surface area contributed by atoms with E-state index in [0.717, 1.165) is 28.5 Å². The number of hydrogen-bond acceptors (Lipinski definition) is 5. The molecule has 0 unspecified atom stereocenters. The molecule has 0 saturated heterocycles. The molecule has 0 aliphatic carbocycles. The number of benzene rings is 2. The summed E-state index contributed by atoms with van der Waals surface area (Å²) in [5, 5.41) is 6.83. The maximum absolute atomic E-state index is 11.8. The zero-order chi connectivity index (χ0) is 19.8. The van der Waals surface area contributed by atoms with E-state index in [1.807, 2.05) is 53.9 Å². The van der Waals surface area contributed by atoms with Gasteiger partial charge in [0.1, 0.15) is 5.75 Å². The average molecular weight is 395 g/mol. The third kappa shape index (κ3) is 5.69. The van der Waals surface area contributed by atoms with Crippen LogP contribution in [0.5, 0.6) is 5.75 Å². The smallest absolute Gasteiger partial charge is 0.331 e. The maximum Gasteiger partial charge on any atom is 0.331 e. The number of thiophene rings is 1. The summed E-state index contributed by atoms with van der Waals surface area (Å²) in [4.78, 5) is 24.8. The Bertz CT molecular complexity index is 979. The van der Waals surface area contributed by atoms with E-state index in [4.69, 9.17) is 9.47 Å². The van der Waals surface area contributed by atoms with Gasteiger partial charge < -0.3 is 14.8 Å². The number of ether oxygens (including phenoxy) is 2. The molecule has 0 aliphatic rings. The van der Waals surface area contributed by atoms with E-state index in [1.54, 1.807) is 24.5 Å². The first-order chi connectivity index (χ1) is 13.6. The van der Waals surface area contributed by atoms with Crippen LogP contribution in [0.15, 0.2) is 60.0 Å². The summed E-state index contributed by atoms with van der Waals surface area (Å²) < 4.78 is 10.2. The second kappa shape index (κ2) is 9.71. The molecule has 28 heavy (non-hydrogen) atoms. The van der Waals surface area contributed by atoms with Crippen molar-refractivity contribution in [3.05, 3.63) is 70.4 Å². The molecule has 0 radical (unpaired) electrons. The number of carbonyl (C=O) groups is 2. The van der Waals surface area contributed by atoms with Crippen LogP contribution in [0.2, 0.25) is 0 Å². The molecule has 1 N–H and O–H groups in total. The van der Waals surface area contributed by atoms with Gasteiger partial charge in [0.2, 0.25) is 0 Å². The normalized spacial score (nSPS) is 10.9. The van der Waals surface area contributed by atoms with Crippen molar-refractivity contribution in [1.82, 2.24) is 5.32 Å². The van der Waals surface area contributed by atoms with Gasteiger partial charge in [0.05, 0.1) is 7.11 Å². The van der Waals surface area contributed by atoms with Gasteiger partial charge in [0.25, 0.3) is 5.91 Å². The van der Waals surface area contributed by atoms with E-state index < -0.39 is 5.97 Å². The molecule has 0 spiro atoms. The molecule has 6 heteroatoms. The van der Waals surface area contributed by atoms with Gasteiger partial charge in [0.15, 0.2) is 6.61 Å². The van der Waals surface area contributed by atoms with Crippen molar-refractivity contribution >= 4 is 40.1 Å². The second-order valence-electron chi connectivity index (χ2n) is 6.09. The third-order valence-electron chi connectivity index (χ3n) is 4.10. The summed E-state index contributed by atoms with van der Waals surface area (Å²) in [7, 11) is 1.63. The number of methoxy groups -OCH3 is 1. The Kier molecular flexibility index (Phi) is 6.81. The van der Waals surface area contributed by atoms with Crippen LogP contribution >= 0.6 is 11.3 Å². The largest absolute Gasteiger partial charge is 0.497 e. The van der Waals surface area contributed by atoms with E-state index in [-0.39, 0.29) is 12.5 Å². The topological polar surface area (TPSA) is 64.6 Å². The highest BCUT2D eigenvalue weighted by molar-refractivity contribution is 7.09. The predicted molar refractivity (Wildman–Crippen MR) is 112 cm³/mol. The Balaban J connectivity index is 1.45. The molecule has 3 aromatic rings. The standard InChI is InChI=1S/C22H21NO4S/c1-26-19-8-7-17-13-16(4-6-18(17)14-19)5-9-22(25)27-15-21(24)23-11-10-20-3-2-12-28-20/h2-9,12-14H,10-11,15H2,1H3,(H,23,24)/b9-5+. The predicted octanol–water partition coefficient (Wildman–Crippen LogP) is 3.83. The van der Waals surface area contributed by atoms with Gasteiger partial charge in [0, 0.05) is 17.5 Å². The molecule has 0 atom stereocenters. The Morgan fingerprint density at radius 2 is 1.93 bits per heavy atom. The molecule has 0 saturated carbocycles. The van der Waals surface area contributed by atoms with Gasteiger partial charge in [-0.2, -0.15) is 0 Å². The summed E-state index contributed by atoms with van der Waals surface area (Å²) >= 11 is 1.65. The van der Waals surface area contributed by atoms with Crippen LogP contribution < -0.4 is 10.1 Å². The first-order valence-electron chi connectivity index (χ1n) is 8.86.